The predicted octanol–water partition coefficient (Wildman–Crippen LogP) is 2.06. The summed E-state index contributed by atoms with van der Waals surface area (Å²) in [6, 6.07) is 8.89. The van der Waals surface area contributed by atoms with Crippen LogP contribution in [-0.2, 0) is 16.1 Å². The normalized spacial score (nSPS) is 15.0. The molecule has 1 aliphatic rings. The molecule has 1 aromatic carbocycles. The third-order valence-corrected chi connectivity index (χ3v) is 4.83. The number of nitrogens with zero attached hydrogens (tertiary/aromatic N) is 4. The van der Waals surface area contributed by atoms with Gasteiger partial charge in [-0.15, -0.1) is 0 Å². The number of nitriles is 1. The molecule has 8 nitrogen and oxygen atoms in total. The summed E-state index contributed by atoms with van der Waals surface area (Å²) in [5.41, 5.74) is 1.84. The quantitative estimate of drug-likeness (QED) is 0.798. The first-order valence-electron chi connectivity index (χ1n) is 9.43. The number of likely N-dealkylation sites (tertiary alicyclic amines) is 1. The Morgan fingerprint density at radius 1 is 1.25 bits per heavy atom. The van der Waals surface area contributed by atoms with Crippen LogP contribution in [0.4, 0.5) is 11.4 Å². The lowest BCUT2D eigenvalue weighted by atomic mass is 9.96. The molecule has 1 saturated heterocycles. The Kier molecular flexibility index (Phi) is 6.40. The van der Waals surface area contributed by atoms with Gasteiger partial charge in [-0.3, -0.25) is 19.2 Å². The number of carbonyl (C=O) groups excluding carboxylic acids is 2. The first-order chi connectivity index (χ1) is 13.6. The van der Waals surface area contributed by atoms with Crippen LogP contribution in [0, 0.1) is 17.2 Å². The molecule has 0 spiro atoms. The lowest BCUT2D eigenvalue weighted by molar-refractivity contribution is -0.121. The van der Waals surface area contributed by atoms with Crippen molar-refractivity contribution in [1.82, 2.24) is 14.7 Å². The lowest BCUT2D eigenvalue weighted by Gasteiger charge is -2.30. The van der Waals surface area contributed by atoms with Gasteiger partial charge >= 0.3 is 0 Å². The molecule has 2 amide bonds. The van der Waals surface area contributed by atoms with Gasteiger partial charge in [0, 0.05) is 24.3 Å². The Hall–Kier alpha value is -3.18. The summed E-state index contributed by atoms with van der Waals surface area (Å²) in [5, 5.41) is 18.8. The van der Waals surface area contributed by atoms with Crippen molar-refractivity contribution < 1.29 is 9.59 Å². The Labute approximate surface area is 164 Å². The molecule has 146 valence electrons. The van der Waals surface area contributed by atoms with Crippen molar-refractivity contribution in [2.75, 3.05) is 30.3 Å². The molecule has 0 saturated carbocycles. The number of carbonyl (C=O) groups is 2. The van der Waals surface area contributed by atoms with Crippen LogP contribution in [0.3, 0.4) is 0 Å². The van der Waals surface area contributed by atoms with Crippen molar-refractivity contribution in [3.63, 3.8) is 0 Å². The second-order valence-electron chi connectivity index (χ2n) is 6.87. The van der Waals surface area contributed by atoms with Crippen LogP contribution < -0.4 is 10.6 Å². The van der Waals surface area contributed by atoms with Gasteiger partial charge in [-0.25, -0.2) is 0 Å². The molecular weight excluding hydrogens is 356 g/mol. The van der Waals surface area contributed by atoms with Gasteiger partial charge < -0.3 is 10.6 Å². The van der Waals surface area contributed by atoms with Gasteiger partial charge in [-0.2, -0.15) is 10.4 Å². The minimum absolute atomic E-state index is 0.00748. The Morgan fingerprint density at radius 3 is 2.71 bits per heavy atom. The standard InChI is InChI=1S/C20H24N6O2/c1-2-26-13-18(12-22-26)24-20(28)16-6-8-25(9-7-16)14-19(27)23-17-5-3-4-15(10-17)11-21/h3-5,10,12-13,16H,2,6-9,14H2,1H3,(H,23,27)(H,24,28). The third-order valence-electron chi connectivity index (χ3n) is 4.83. The molecule has 0 aliphatic carbocycles. The average Bonchev–Trinajstić information content (AvgIpc) is 3.16. The number of aryl methyl sites for hydroxylation is 1. The smallest absolute Gasteiger partial charge is 0.238 e. The summed E-state index contributed by atoms with van der Waals surface area (Å²) in [6.07, 6.45) is 4.90. The summed E-state index contributed by atoms with van der Waals surface area (Å²) in [4.78, 5) is 26.7. The van der Waals surface area contributed by atoms with Crippen molar-refractivity contribution in [1.29, 1.82) is 5.26 Å². The third kappa shape index (κ3) is 5.18. The highest BCUT2D eigenvalue weighted by molar-refractivity contribution is 5.93. The maximum Gasteiger partial charge on any atom is 0.238 e. The number of rotatable bonds is 6. The molecule has 1 aliphatic heterocycles. The molecular formula is C20H24N6O2. The molecule has 2 N–H and O–H groups in total. The van der Waals surface area contributed by atoms with E-state index in [-0.39, 0.29) is 24.3 Å². The first kappa shape index (κ1) is 19.6. The van der Waals surface area contributed by atoms with Crippen molar-refractivity contribution in [2.24, 2.45) is 5.92 Å². The van der Waals surface area contributed by atoms with Gasteiger partial charge in [0.15, 0.2) is 0 Å². The molecule has 2 aromatic rings. The van der Waals surface area contributed by atoms with Crippen LogP contribution in [0.1, 0.15) is 25.3 Å². The van der Waals surface area contributed by atoms with Gasteiger partial charge in [-0.05, 0) is 51.1 Å². The highest BCUT2D eigenvalue weighted by Crippen LogP contribution is 2.19. The number of aromatic nitrogens is 2. The molecule has 28 heavy (non-hydrogen) atoms. The Morgan fingerprint density at radius 2 is 2.04 bits per heavy atom. The van der Waals surface area contributed by atoms with Crippen molar-refractivity contribution in [3.8, 4) is 6.07 Å². The molecule has 0 unspecified atom stereocenters. The number of benzene rings is 1. The van der Waals surface area contributed by atoms with Gasteiger partial charge in [0.2, 0.25) is 11.8 Å². The zero-order valence-corrected chi connectivity index (χ0v) is 15.9. The highest BCUT2D eigenvalue weighted by Gasteiger charge is 2.26. The molecule has 2 heterocycles. The second-order valence-corrected chi connectivity index (χ2v) is 6.87. The molecule has 0 atom stereocenters. The van der Waals surface area contributed by atoms with E-state index < -0.39 is 0 Å². The molecule has 8 heteroatoms. The summed E-state index contributed by atoms with van der Waals surface area (Å²) >= 11 is 0. The van der Waals surface area contributed by atoms with Crippen LogP contribution in [0.25, 0.3) is 0 Å². The number of hydrogen-bond acceptors (Lipinski definition) is 5. The zero-order chi connectivity index (χ0) is 19.9. The minimum Gasteiger partial charge on any atom is -0.325 e. The van der Waals surface area contributed by atoms with E-state index in [0.717, 1.165) is 6.54 Å². The van der Waals surface area contributed by atoms with Crippen LogP contribution in [-0.4, -0.2) is 46.1 Å². The molecule has 1 fully saturated rings. The summed E-state index contributed by atoms with van der Waals surface area (Å²) in [6.45, 7) is 4.41. The molecule has 0 bridgehead atoms. The Balaban J connectivity index is 1.43. The maximum atomic E-state index is 12.4. The minimum atomic E-state index is -0.120. The average molecular weight is 380 g/mol. The molecule has 1 aromatic heterocycles. The fourth-order valence-corrected chi connectivity index (χ4v) is 3.27. The zero-order valence-electron chi connectivity index (χ0n) is 15.9. The van der Waals surface area contributed by atoms with Crippen molar-refractivity contribution >= 4 is 23.2 Å². The predicted molar refractivity (Wildman–Crippen MR) is 105 cm³/mol. The van der Waals surface area contributed by atoms with E-state index in [9.17, 15) is 9.59 Å². The largest absolute Gasteiger partial charge is 0.325 e. The van der Waals surface area contributed by atoms with E-state index in [0.29, 0.717) is 42.9 Å². The summed E-state index contributed by atoms with van der Waals surface area (Å²) < 4.78 is 1.77. The van der Waals surface area contributed by atoms with Crippen LogP contribution in [0.15, 0.2) is 36.7 Å². The SMILES string of the molecule is CCn1cc(NC(=O)C2CCN(CC(=O)Nc3cccc(C#N)c3)CC2)cn1. The molecule has 3 rings (SSSR count). The highest BCUT2D eigenvalue weighted by atomic mass is 16.2. The number of nitrogens with one attached hydrogen (secondary N) is 2. The van der Waals surface area contributed by atoms with Crippen molar-refractivity contribution in [2.45, 2.75) is 26.3 Å². The van der Waals surface area contributed by atoms with E-state index in [1.807, 2.05) is 18.0 Å². The number of amides is 2. The van der Waals surface area contributed by atoms with Gasteiger partial charge in [0.1, 0.15) is 0 Å². The van der Waals surface area contributed by atoms with Crippen molar-refractivity contribution in [3.05, 3.63) is 42.2 Å². The van der Waals surface area contributed by atoms with Crippen LogP contribution in [0.2, 0.25) is 0 Å². The summed E-state index contributed by atoms with van der Waals surface area (Å²) in [7, 11) is 0. The van der Waals surface area contributed by atoms with E-state index >= 15 is 0 Å². The van der Waals surface area contributed by atoms with E-state index in [4.69, 9.17) is 5.26 Å². The maximum absolute atomic E-state index is 12.4. The lowest BCUT2D eigenvalue weighted by Crippen LogP contribution is -2.41. The van der Waals surface area contributed by atoms with E-state index in [1.54, 1.807) is 35.1 Å². The van der Waals surface area contributed by atoms with E-state index in [1.165, 1.54) is 0 Å². The fraction of sp³-hybridized carbons (Fsp3) is 0.400. The van der Waals surface area contributed by atoms with Gasteiger partial charge in [0.25, 0.3) is 0 Å². The number of anilines is 2. The van der Waals surface area contributed by atoms with Gasteiger partial charge in [0.05, 0.1) is 30.1 Å². The van der Waals surface area contributed by atoms with Crippen LogP contribution >= 0.6 is 0 Å². The van der Waals surface area contributed by atoms with Crippen LogP contribution in [0.5, 0.6) is 0 Å². The van der Waals surface area contributed by atoms with E-state index in [2.05, 4.69) is 21.8 Å². The first-order valence-corrected chi connectivity index (χ1v) is 9.43. The fourth-order valence-electron chi connectivity index (χ4n) is 3.27. The number of hydrogen-bond donors (Lipinski definition) is 2. The topological polar surface area (TPSA) is 103 Å². The molecule has 0 radical (unpaired) electrons. The number of piperidine rings is 1. The van der Waals surface area contributed by atoms with Gasteiger partial charge in [-0.1, -0.05) is 6.07 Å². The second kappa shape index (κ2) is 9.15. The Bertz CT molecular complexity index is 877. The monoisotopic (exact) mass is 380 g/mol. The summed E-state index contributed by atoms with van der Waals surface area (Å²) in [5.74, 6) is -0.172.